The van der Waals surface area contributed by atoms with Crippen molar-refractivity contribution in [2.45, 2.75) is 19.9 Å². The molecule has 0 saturated heterocycles. The van der Waals surface area contributed by atoms with E-state index in [1.165, 1.54) is 18.2 Å². The van der Waals surface area contributed by atoms with Gasteiger partial charge in [0.2, 0.25) is 5.89 Å². The monoisotopic (exact) mass is 290 g/mol. The van der Waals surface area contributed by atoms with Gasteiger partial charge in [-0.1, -0.05) is 0 Å². The first-order valence-corrected chi connectivity index (χ1v) is 6.15. The smallest absolute Gasteiger partial charge is 0.292 e. The van der Waals surface area contributed by atoms with Crippen molar-refractivity contribution in [3.8, 4) is 0 Å². The summed E-state index contributed by atoms with van der Waals surface area (Å²) < 4.78 is 5.32. The number of nitrogens with zero attached hydrogens (tertiary/aromatic N) is 2. The number of aromatic nitrogens is 1. The van der Waals surface area contributed by atoms with Gasteiger partial charge < -0.3 is 15.5 Å². The van der Waals surface area contributed by atoms with Crippen LogP contribution in [-0.4, -0.2) is 15.8 Å². The molecule has 110 valence electrons. The Morgan fingerprint density at radius 2 is 2.24 bits per heavy atom. The fraction of sp³-hybridized carbons (Fsp3) is 0.231. The highest BCUT2D eigenvalue weighted by molar-refractivity contribution is 5.95. The van der Waals surface area contributed by atoms with Crippen LogP contribution >= 0.6 is 0 Å². The van der Waals surface area contributed by atoms with Gasteiger partial charge in [0.15, 0.2) is 0 Å². The number of carbonyl (C=O) groups is 1. The first-order valence-electron chi connectivity index (χ1n) is 6.15. The third-order valence-corrected chi connectivity index (χ3v) is 2.84. The van der Waals surface area contributed by atoms with Crippen LogP contribution in [0.3, 0.4) is 0 Å². The summed E-state index contributed by atoms with van der Waals surface area (Å²) in [4.78, 5) is 26.2. The molecule has 8 nitrogen and oxygen atoms in total. The van der Waals surface area contributed by atoms with Gasteiger partial charge in [-0.25, -0.2) is 4.98 Å². The van der Waals surface area contributed by atoms with Crippen LogP contribution in [-0.2, 0) is 0 Å². The van der Waals surface area contributed by atoms with Crippen LogP contribution < -0.4 is 11.1 Å². The molecule has 0 aliphatic carbocycles. The Kier molecular flexibility index (Phi) is 3.88. The number of nitrogens with two attached hydrogens (primary N) is 1. The van der Waals surface area contributed by atoms with E-state index in [0.29, 0.717) is 11.7 Å². The van der Waals surface area contributed by atoms with Crippen LogP contribution in [0.5, 0.6) is 0 Å². The highest BCUT2D eigenvalue weighted by Crippen LogP contribution is 2.22. The Morgan fingerprint density at radius 1 is 1.52 bits per heavy atom. The van der Waals surface area contributed by atoms with Crippen molar-refractivity contribution in [3.05, 3.63) is 51.7 Å². The Balaban J connectivity index is 2.13. The SMILES string of the molecule is Cc1cnc(C(C)NC(=O)c2ccc([N+](=O)[O-])c(N)c2)o1. The number of aryl methyl sites for hydroxylation is 1. The van der Waals surface area contributed by atoms with E-state index in [1.807, 2.05) is 0 Å². The second-order valence-corrected chi connectivity index (χ2v) is 4.54. The number of nitro groups is 1. The lowest BCUT2D eigenvalue weighted by Gasteiger charge is -2.10. The van der Waals surface area contributed by atoms with Gasteiger partial charge in [-0.05, 0) is 26.0 Å². The van der Waals surface area contributed by atoms with Crippen molar-refractivity contribution in [2.24, 2.45) is 0 Å². The number of carbonyl (C=O) groups excluding carboxylic acids is 1. The summed E-state index contributed by atoms with van der Waals surface area (Å²) in [7, 11) is 0. The molecule has 2 aromatic rings. The van der Waals surface area contributed by atoms with E-state index in [2.05, 4.69) is 10.3 Å². The maximum Gasteiger partial charge on any atom is 0.292 e. The summed E-state index contributed by atoms with van der Waals surface area (Å²) >= 11 is 0. The van der Waals surface area contributed by atoms with Gasteiger partial charge in [0.25, 0.3) is 11.6 Å². The molecule has 21 heavy (non-hydrogen) atoms. The summed E-state index contributed by atoms with van der Waals surface area (Å²) in [6, 6.07) is 3.38. The fourth-order valence-electron chi connectivity index (χ4n) is 1.78. The first-order chi connectivity index (χ1) is 9.88. The number of amides is 1. The number of nitrogen functional groups attached to an aromatic ring is 1. The van der Waals surface area contributed by atoms with E-state index >= 15 is 0 Å². The highest BCUT2D eigenvalue weighted by Gasteiger charge is 2.18. The van der Waals surface area contributed by atoms with Gasteiger partial charge >= 0.3 is 0 Å². The molecule has 1 aromatic carbocycles. The highest BCUT2D eigenvalue weighted by atomic mass is 16.6. The third-order valence-electron chi connectivity index (χ3n) is 2.84. The lowest BCUT2D eigenvalue weighted by Crippen LogP contribution is -2.26. The van der Waals surface area contributed by atoms with Gasteiger partial charge in [0.1, 0.15) is 17.5 Å². The van der Waals surface area contributed by atoms with Crippen molar-refractivity contribution < 1.29 is 14.1 Å². The van der Waals surface area contributed by atoms with E-state index in [-0.39, 0.29) is 16.9 Å². The maximum atomic E-state index is 12.1. The Bertz CT molecular complexity index is 695. The van der Waals surface area contributed by atoms with Gasteiger partial charge in [-0.2, -0.15) is 0 Å². The minimum Gasteiger partial charge on any atom is -0.444 e. The molecule has 3 N–H and O–H groups in total. The third kappa shape index (κ3) is 3.16. The summed E-state index contributed by atoms with van der Waals surface area (Å²) in [6.07, 6.45) is 1.56. The molecule has 0 bridgehead atoms. The molecule has 0 saturated carbocycles. The number of nitrogens with one attached hydrogen (secondary N) is 1. The average molecular weight is 290 g/mol. The second-order valence-electron chi connectivity index (χ2n) is 4.54. The number of hydrogen-bond donors (Lipinski definition) is 2. The van der Waals surface area contributed by atoms with Crippen LogP contribution in [0.4, 0.5) is 11.4 Å². The topological polar surface area (TPSA) is 124 Å². The molecule has 1 aromatic heterocycles. The van der Waals surface area contributed by atoms with E-state index in [1.54, 1.807) is 20.0 Å². The summed E-state index contributed by atoms with van der Waals surface area (Å²) in [5.41, 5.74) is 5.49. The maximum absolute atomic E-state index is 12.1. The van der Waals surface area contributed by atoms with Crippen molar-refractivity contribution in [2.75, 3.05) is 5.73 Å². The second kappa shape index (κ2) is 5.61. The molecule has 0 aliphatic heterocycles. The Morgan fingerprint density at radius 3 is 2.76 bits per heavy atom. The fourth-order valence-corrected chi connectivity index (χ4v) is 1.78. The number of benzene rings is 1. The molecule has 8 heteroatoms. The lowest BCUT2D eigenvalue weighted by molar-refractivity contribution is -0.383. The van der Waals surface area contributed by atoms with Gasteiger partial charge in [-0.15, -0.1) is 0 Å². The Labute approximate surface area is 120 Å². The van der Waals surface area contributed by atoms with Gasteiger partial charge in [0, 0.05) is 11.6 Å². The van der Waals surface area contributed by atoms with Crippen LogP contribution in [0, 0.1) is 17.0 Å². The number of oxazole rings is 1. The average Bonchev–Trinajstić information content (AvgIpc) is 2.84. The largest absolute Gasteiger partial charge is 0.444 e. The number of anilines is 1. The van der Waals surface area contributed by atoms with Crippen LogP contribution in [0.1, 0.15) is 35.0 Å². The molecule has 2 rings (SSSR count). The zero-order valence-corrected chi connectivity index (χ0v) is 11.5. The lowest BCUT2D eigenvalue weighted by atomic mass is 10.1. The molecular formula is C13H14N4O4. The molecule has 1 amide bonds. The number of hydrogen-bond acceptors (Lipinski definition) is 6. The van der Waals surface area contributed by atoms with E-state index in [4.69, 9.17) is 10.2 Å². The van der Waals surface area contributed by atoms with Gasteiger partial charge in [0.05, 0.1) is 11.1 Å². The first kappa shape index (κ1) is 14.5. The van der Waals surface area contributed by atoms with Crippen molar-refractivity contribution in [1.29, 1.82) is 0 Å². The predicted octanol–water partition coefficient (Wildman–Crippen LogP) is 1.96. The zero-order chi connectivity index (χ0) is 15.6. The van der Waals surface area contributed by atoms with E-state index in [9.17, 15) is 14.9 Å². The summed E-state index contributed by atoms with van der Waals surface area (Å²) in [6.45, 7) is 3.47. The number of nitro benzene ring substituents is 1. The zero-order valence-electron chi connectivity index (χ0n) is 11.5. The summed E-state index contributed by atoms with van der Waals surface area (Å²) in [5.74, 6) is 0.612. The molecule has 0 aliphatic rings. The molecule has 1 heterocycles. The normalized spacial score (nSPS) is 11.9. The standard InChI is InChI=1S/C13H14N4O4/c1-7-6-15-13(21-7)8(2)16-12(18)9-3-4-11(17(19)20)10(14)5-9/h3-6,8H,14H2,1-2H3,(H,16,18). The molecular weight excluding hydrogens is 276 g/mol. The predicted molar refractivity (Wildman–Crippen MR) is 74.6 cm³/mol. The Hall–Kier alpha value is -2.90. The minimum absolute atomic E-state index is 0.0627. The molecule has 0 spiro atoms. The van der Waals surface area contributed by atoms with E-state index < -0.39 is 16.9 Å². The molecule has 0 fully saturated rings. The van der Waals surface area contributed by atoms with Crippen LogP contribution in [0.15, 0.2) is 28.8 Å². The molecule has 0 radical (unpaired) electrons. The van der Waals surface area contributed by atoms with Crippen molar-refractivity contribution in [1.82, 2.24) is 10.3 Å². The van der Waals surface area contributed by atoms with E-state index in [0.717, 1.165) is 0 Å². The molecule has 1 atom stereocenters. The molecule has 1 unspecified atom stereocenters. The number of rotatable bonds is 4. The van der Waals surface area contributed by atoms with Crippen LogP contribution in [0.2, 0.25) is 0 Å². The summed E-state index contributed by atoms with van der Waals surface area (Å²) in [5, 5.41) is 13.4. The van der Waals surface area contributed by atoms with Crippen molar-refractivity contribution in [3.63, 3.8) is 0 Å². The quantitative estimate of drug-likeness (QED) is 0.504. The minimum atomic E-state index is -0.602. The van der Waals surface area contributed by atoms with Gasteiger partial charge in [-0.3, -0.25) is 14.9 Å². The van der Waals surface area contributed by atoms with Crippen LogP contribution in [0.25, 0.3) is 0 Å². The van der Waals surface area contributed by atoms with Crippen molar-refractivity contribution >= 4 is 17.3 Å².